The standard InChI is InChI=1S/C16H23N/c1-2-6-13(7-3-1)12-16-15(10-11-17-16)14-8-4-5-9-14/h1-3,6-7,14-17H,4-5,8-12H2. The fraction of sp³-hybridized carbons (Fsp3) is 0.625. The number of hydrogen-bond acceptors (Lipinski definition) is 1. The first-order valence-corrected chi connectivity index (χ1v) is 7.21. The number of benzene rings is 1. The van der Waals surface area contributed by atoms with E-state index in [2.05, 4.69) is 35.6 Å². The molecule has 17 heavy (non-hydrogen) atoms. The molecule has 1 N–H and O–H groups in total. The summed E-state index contributed by atoms with van der Waals surface area (Å²) in [4.78, 5) is 0. The summed E-state index contributed by atoms with van der Waals surface area (Å²) < 4.78 is 0. The molecule has 1 saturated carbocycles. The van der Waals surface area contributed by atoms with E-state index in [1.807, 2.05) is 0 Å². The second-order valence-corrected chi connectivity index (χ2v) is 5.75. The predicted molar refractivity (Wildman–Crippen MR) is 72.0 cm³/mol. The Kier molecular flexibility index (Phi) is 3.46. The molecule has 1 aliphatic heterocycles. The van der Waals surface area contributed by atoms with Gasteiger partial charge in [0.15, 0.2) is 0 Å². The van der Waals surface area contributed by atoms with Crippen LogP contribution in [0.5, 0.6) is 0 Å². The van der Waals surface area contributed by atoms with E-state index in [1.165, 1.54) is 50.6 Å². The van der Waals surface area contributed by atoms with E-state index in [1.54, 1.807) is 0 Å². The largest absolute Gasteiger partial charge is 0.313 e. The molecule has 0 spiro atoms. The van der Waals surface area contributed by atoms with E-state index >= 15 is 0 Å². The molecule has 3 rings (SSSR count). The molecule has 1 aromatic rings. The third kappa shape index (κ3) is 2.55. The van der Waals surface area contributed by atoms with Crippen molar-refractivity contribution in [3.8, 4) is 0 Å². The summed E-state index contributed by atoms with van der Waals surface area (Å²) >= 11 is 0. The first-order valence-electron chi connectivity index (χ1n) is 7.21. The van der Waals surface area contributed by atoms with Crippen LogP contribution < -0.4 is 5.32 Å². The fourth-order valence-electron chi connectivity index (χ4n) is 3.83. The Morgan fingerprint density at radius 1 is 1.00 bits per heavy atom. The van der Waals surface area contributed by atoms with E-state index in [-0.39, 0.29) is 0 Å². The average molecular weight is 229 g/mol. The molecule has 0 bridgehead atoms. The summed E-state index contributed by atoms with van der Waals surface area (Å²) in [6.07, 6.45) is 8.54. The summed E-state index contributed by atoms with van der Waals surface area (Å²) in [6, 6.07) is 11.7. The minimum absolute atomic E-state index is 0.737. The van der Waals surface area contributed by atoms with Gasteiger partial charge in [0.25, 0.3) is 0 Å². The zero-order valence-corrected chi connectivity index (χ0v) is 10.6. The van der Waals surface area contributed by atoms with Crippen molar-refractivity contribution < 1.29 is 0 Å². The van der Waals surface area contributed by atoms with Crippen LogP contribution in [-0.2, 0) is 6.42 Å². The maximum atomic E-state index is 3.73. The van der Waals surface area contributed by atoms with Crippen LogP contribution in [0.15, 0.2) is 30.3 Å². The van der Waals surface area contributed by atoms with Crippen molar-refractivity contribution in [2.75, 3.05) is 6.54 Å². The van der Waals surface area contributed by atoms with Crippen LogP contribution in [0.1, 0.15) is 37.7 Å². The first kappa shape index (κ1) is 11.3. The van der Waals surface area contributed by atoms with Crippen molar-refractivity contribution >= 4 is 0 Å². The molecule has 1 aliphatic carbocycles. The van der Waals surface area contributed by atoms with Gasteiger partial charge in [-0.1, -0.05) is 56.0 Å². The zero-order chi connectivity index (χ0) is 11.5. The van der Waals surface area contributed by atoms with Crippen LogP contribution in [0.4, 0.5) is 0 Å². The van der Waals surface area contributed by atoms with Gasteiger partial charge in [-0.3, -0.25) is 0 Å². The van der Waals surface area contributed by atoms with Gasteiger partial charge in [0.05, 0.1) is 0 Å². The van der Waals surface area contributed by atoms with Crippen molar-refractivity contribution in [2.24, 2.45) is 11.8 Å². The van der Waals surface area contributed by atoms with Gasteiger partial charge in [0, 0.05) is 6.04 Å². The normalized spacial score (nSPS) is 29.9. The highest BCUT2D eigenvalue weighted by Gasteiger charge is 2.34. The van der Waals surface area contributed by atoms with Crippen molar-refractivity contribution in [1.82, 2.24) is 5.32 Å². The van der Waals surface area contributed by atoms with E-state index in [4.69, 9.17) is 0 Å². The molecule has 2 fully saturated rings. The highest BCUT2D eigenvalue weighted by Crippen LogP contribution is 2.37. The zero-order valence-electron chi connectivity index (χ0n) is 10.6. The predicted octanol–water partition coefficient (Wildman–Crippen LogP) is 3.40. The van der Waals surface area contributed by atoms with Gasteiger partial charge in [0.1, 0.15) is 0 Å². The van der Waals surface area contributed by atoms with Crippen molar-refractivity contribution in [3.05, 3.63) is 35.9 Å². The Bertz CT molecular complexity index is 340. The smallest absolute Gasteiger partial charge is 0.0139 e. The maximum Gasteiger partial charge on any atom is 0.0139 e. The summed E-state index contributed by atoms with van der Waals surface area (Å²) in [5.74, 6) is 1.96. The monoisotopic (exact) mass is 229 g/mol. The Morgan fingerprint density at radius 2 is 1.76 bits per heavy atom. The average Bonchev–Trinajstić information content (AvgIpc) is 3.00. The quantitative estimate of drug-likeness (QED) is 0.837. The number of hydrogen-bond donors (Lipinski definition) is 1. The van der Waals surface area contributed by atoms with Crippen LogP contribution in [0.3, 0.4) is 0 Å². The molecule has 92 valence electrons. The number of nitrogens with one attached hydrogen (secondary N) is 1. The summed E-state index contributed by atoms with van der Waals surface area (Å²) in [5, 5.41) is 3.73. The molecule has 1 saturated heterocycles. The van der Waals surface area contributed by atoms with Crippen LogP contribution in [0.2, 0.25) is 0 Å². The lowest BCUT2D eigenvalue weighted by molar-refractivity contribution is 0.303. The highest BCUT2D eigenvalue weighted by molar-refractivity contribution is 5.16. The molecule has 1 aromatic carbocycles. The van der Waals surface area contributed by atoms with Crippen LogP contribution in [-0.4, -0.2) is 12.6 Å². The molecule has 1 nitrogen and oxygen atoms in total. The minimum Gasteiger partial charge on any atom is -0.313 e. The molecule has 2 aliphatic rings. The topological polar surface area (TPSA) is 12.0 Å². The van der Waals surface area contributed by atoms with Gasteiger partial charge < -0.3 is 5.32 Å². The van der Waals surface area contributed by atoms with Gasteiger partial charge in [0.2, 0.25) is 0 Å². The van der Waals surface area contributed by atoms with Crippen molar-refractivity contribution in [1.29, 1.82) is 0 Å². The molecule has 0 amide bonds. The van der Waals surface area contributed by atoms with Gasteiger partial charge >= 0.3 is 0 Å². The Labute approximate surface area is 105 Å². The van der Waals surface area contributed by atoms with Crippen LogP contribution >= 0.6 is 0 Å². The maximum absolute atomic E-state index is 3.73. The number of rotatable bonds is 3. The lowest BCUT2D eigenvalue weighted by Gasteiger charge is -2.25. The summed E-state index contributed by atoms with van der Waals surface area (Å²) in [7, 11) is 0. The molecule has 0 radical (unpaired) electrons. The lowest BCUT2D eigenvalue weighted by Crippen LogP contribution is -2.32. The van der Waals surface area contributed by atoms with E-state index in [0.29, 0.717) is 0 Å². The third-order valence-corrected chi connectivity index (χ3v) is 4.70. The van der Waals surface area contributed by atoms with Crippen LogP contribution in [0, 0.1) is 11.8 Å². The molecule has 0 aromatic heterocycles. The van der Waals surface area contributed by atoms with E-state index in [9.17, 15) is 0 Å². The third-order valence-electron chi connectivity index (χ3n) is 4.70. The fourth-order valence-corrected chi connectivity index (χ4v) is 3.83. The Hall–Kier alpha value is -0.820. The molecule has 1 heterocycles. The first-order chi connectivity index (χ1) is 8.43. The second-order valence-electron chi connectivity index (χ2n) is 5.75. The Morgan fingerprint density at radius 3 is 2.53 bits per heavy atom. The molecular weight excluding hydrogens is 206 g/mol. The Balaban J connectivity index is 1.65. The van der Waals surface area contributed by atoms with Gasteiger partial charge in [-0.15, -0.1) is 0 Å². The van der Waals surface area contributed by atoms with Gasteiger partial charge in [-0.05, 0) is 36.8 Å². The second kappa shape index (κ2) is 5.22. The van der Waals surface area contributed by atoms with E-state index < -0.39 is 0 Å². The SMILES string of the molecule is c1ccc(CC2NCCC2C2CCCC2)cc1. The molecular formula is C16H23N. The van der Waals surface area contributed by atoms with Crippen molar-refractivity contribution in [2.45, 2.75) is 44.6 Å². The summed E-state index contributed by atoms with van der Waals surface area (Å²) in [5.41, 5.74) is 1.50. The molecule has 1 heteroatoms. The lowest BCUT2D eigenvalue weighted by atomic mass is 9.83. The molecule has 2 unspecified atom stereocenters. The minimum atomic E-state index is 0.737. The summed E-state index contributed by atoms with van der Waals surface area (Å²) in [6.45, 7) is 1.23. The van der Waals surface area contributed by atoms with E-state index in [0.717, 1.165) is 17.9 Å². The van der Waals surface area contributed by atoms with Gasteiger partial charge in [-0.2, -0.15) is 0 Å². The van der Waals surface area contributed by atoms with Crippen molar-refractivity contribution in [3.63, 3.8) is 0 Å². The molecule has 2 atom stereocenters. The van der Waals surface area contributed by atoms with Gasteiger partial charge in [-0.25, -0.2) is 0 Å². The highest BCUT2D eigenvalue weighted by atomic mass is 15.0. The van der Waals surface area contributed by atoms with Crippen LogP contribution in [0.25, 0.3) is 0 Å².